The molecular weight excluding hydrogens is 358 g/mol. The van der Waals surface area contributed by atoms with Crippen molar-refractivity contribution in [1.82, 2.24) is 4.90 Å². The van der Waals surface area contributed by atoms with Crippen LogP contribution >= 0.6 is 27.5 Å². The summed E-state index contributed by atoms with van der Waals surface area (Å²) in [6, 6.07) is 5.92. The summed E-state index contributed by atoms with van der Waals surface area (Å²) in [4.78, 5) is 13.7. The summed E-state index contributed by atoms with van der Waals surface area (Å²) in [5.74, 6) is 0.586. The maximum Gasteiger partial charge on any atom is 0.320 e. The Morgan fingerprint density at radius 2 is 2.24 bits per heavy atom. The number of hydrogen-bond acceptors (Lipinski definition) is 4. The molecule has 0 saturated heterocycles. The average Bonchev–Trinajstić information content (AvgIpc) is 3.24. The minimum Gasteiger partial charge on any atom is -0.491 e. The Morgan fingerprint density at radius 3 is 2.86 bits per heavy atom. The number of hydrogen-bond donors (Lipinski definition) is 0. The van der Waals surface area contributed by atoms with Gasteiger partial charge in [0, 0.05) is 17.6 Å². The van der Waals surface area contributed by atoms with Gasteiger partial charge in [-0.2, -0.15) is 0 Å². The normalized spacial score (nSPS) is 14.3. The maximum atomic E-state index is 11.6. The van der Waals surface area contributed by atoms with Crippen LogP contribution in [0.1, 0.15) is 19.8 Å². The van der Waals surface area contributed by atoms with Gasteiger partial charge in [0.2, 0.25) is 0 Å². The molecule has 0 bridgehead atoms. The standard InChI is InChI=1S/C15H19BrClNO3/c1-2-20-15(19)10-18(12-4-5-12)7-8-21-14-6-3-11(17)9-13(14)16/h3,6,9,12H,2,4-5,7-8,10H2,1H3. The van der Waals surface area contributed by atoms with Gasteiger partial charge in [0.25, 0.3) is 0 Å². The summed E-state index contributed by atoms with van der Waals surface area (Å²) in [6.07, 6.45) is 2.29. The average molecular weight is 377 g/mol. The zero-order valence-corrected chi connectivity index (χ0v) is 14.3. The minimum atomic E-state index is -0.169. The number of halogens is 2. The Hall–Kier alpha value is -0.780. The molecule has 0 aliphatic heterocycles. The van der Waals surface area contributed by atoms with Crippen molar-refractivity contribution >= 4 is 33.5 Å². The molecule has 6 heteroatoms. The predicted octanol–water partition coefficient (Wildman–Crippen LogP) is 3.51. The van der Waals surface area contributed by atoms with E-state index in [-0.39, 0.29) is 5.97 Å². The second-order valence-electron chi connectivity index (χ2n) is 4.93. The van der Waals surface area contributed by atoms with Gasteiger partial charge < -0.3 is 9.47 Å². The topological polar surface area (TPSA) is 38.8 Å². The van der Waals surface area contributed by atoms with E-state index in [2.05, 4.69) is 20.8 Å². The first-order chi connectivity index (χ1) is 10.1. The molecule has 1 aromatic rings. The SMILES string of the molecule is CCOC(=O)CN(CCOc1ccc(Cl)cc1Br)C1CC1. The van der Waals surface area contributed by atoms with Gasteiger partial charge >= 0.3 is 5.97 Å². The van der Waals surface area contributed by atoms with Gasteiger partial charge in [-0.3, -0.25) is 9.69 Å². The molecule has 0 unspecified atom stereocenters. The van der Waals surface area contributed by atoms with Crippen LogP contribution in [0, 0.1) is 0 Å². The highest BCUT2D eigenvalue weighted by molar-refractivity contribution is 9.10. The first kappa shape index (κ1) is 16.6. The lowest BCUT2D eigenvalue weighted by Crippen LogP contribution is -2.36. The van der Waals surface area contributed by atoms with Crippen LogP contribution in [0.5, 0.6) is 5.75 Å². The minimum absolute atomic E-state index is 0.169. The summed E-state index contributed by atoms with van der Waals surface area (Å²) in [5.41, 5.74) is 0. The molecule has 0 aromatic heterocycles. The van der Waals surface area contributed by atoms with Crippen molar-refractivity contribution in [3.05, 3.63) is 27.7 Å². The second-order valence-corrected chi connectivity index (χ2v) is 6.22. The number of esters is 1. The second kappa shape index (κ2) is 8.01. The first-order valence-corrected chi connectivity index (χ1v) is 8.24. The first-order valence-electron chi connectivity index (χ1n) is 7.07. The molecule has 1 saturated carbocycles. The van der Waals surface area contributed by atoms with Crippen LogP contribution < -0.4 is 4.74 Å². The van der Waals surface area contributed by atoms with Crippen molar-refractivity contribution in [3.63, 3.8) is 0 Å². The highest BCUT2D eigenvalue weighted by Crippen LogP contribution is 2.29. The van der Waals surface area contributed by atoms with Gasteiger partial charge in [-0.1, -0.05) is 11.6 Å². The van der Waals surface area contributed by atoms with Crippen molar-refractivity contribution in [2.75, 3.05) is 26.3 Å². The molecule has 0 amide bonds. The maximum absolute atomic E-state index is 11.6. The fraction of sp³-hybridized carbons (Fsp3) is 0.533. The van der Waals surface area contributed by atoms with E-state index in [1.807, 2.05) is 13.0 Å². The van der Waals surface area contributed by atoms with E-state index >= 15 is 0 Å². The van der Waals surface area contributed by atoms with Gasteiger partial charge in [-0.05, 0) is 53.9 Å². The van der Waals surface area contributed by atoms with Gasteiger partial charge in [-0.25, -0.2) is 0 Å². The third kappa shape index (κ3) is 5.49. The van der Waals surface area contributed by atoms with E-state index in [9.17, 15) is 4.79 Å². The highest BCUT2D eigenvalue weighted by atomic mass is 79.9. The van der Waals surface area contributed by atoms with Crippen molar-refractivity contribution in [1.29, 1.82) is 0 Å². The Kier molecular flexibility index (Phi) is 6.33. The Bertz CT molecular complexity index is 494. The molecule has 1 aliphatic carbocycles. The third-order valence-corrected chi connectivity index (χ3v) is 4.09. The predicted molar refractivity (Wildman–Crippen MR) is 85.9 cm³/mol. The molecule has 1 aliphatic rings. The summed E-state index contributed by atoms with van der Waals surface area (Å²) in [7, 11) is 0. The summed E-state index contributed by atoms with van der Waals surface area (Å²) in [6.45, 7) is 3.81. The van der Waals surface area contributed by atoms with Crippen molar-refractivity contribution in [2.45, 2.75) is 25.8 Å². The molecule has 116 valence electrons. The van der Waals surface area contributed by atoms with Crippen LogP contribution in [-0.4, -0.2) is 43.2 Å². The molecule has 0 radical (unpaired) electrons. The van der Waals surface area contributed by atoms with Gasteiger partial charge in [0.15, 0.2) is 0 Å². The molecule has 2 rings (SSSR count). The number of nitrogens with zero attached hydrogens (tertiary/aromatic N) is 1. The molecule has 1 fully saturated rings. The van der Waals surface area contributed by atoms with Crippen LogP contribution in [0.2, 0.25) is 5.02 Å². The van der Waals surface area contributed by atoms with Crippen LogP contribution in [-0.2, 0) is 9.53 Å². The van der Waals surface area contributed by atoms with E-state index in [1.54, 1.807) is 12.1 Å². The van der Waals surface area contributed by atoms with Crippen molar-refractivity contribution in [3.8, 4) is 5.75 Å². The Balaban J connectivity index is 1.80. The van der Waals surface area contributed by atoms with E-state index in [4.69, 9.17) is 21.1 Å². The smallest absolute Gasteiger partial charge is 0.320 e. The van der Waals surface area contributed by atoms with Crippen LogP contribution in [0.3, 0.4) is 0 Å². The summed E-state index contributed by atoms with van der Waals surface area (Å²) < 4.78 is 11.6. The molecule has 0 spiro atoms. The zero-order chi connectivity index (χ0) is 15.2. The number of benzene rings is 1. The third-order valence-electron chi connectivity index (χ3n) is 3.23. The lowest BCUT2D eigenvalue weighted by molar-refractivity contribution is -0.144. The van der Waals surface area contributed by atoms with Crippen LogP contribution in [0.15, 0.2) is 22.7 Å². The summed E-state index contributed by atoms with van der Waals surface area (Å²) >= 11 is 9.31. The van der Waals surface area contributed by atoms with Crippen LogP contribution in [0.25, 0.3) is 0 Å². The molecule has 21 heavy (non-hydrogen) atoms. The monoisotopic (exact) mass is 375 g/mol. The fourth-order valence-electron chi connectivity index (χ4n) is 2.07. The Labute approximate surface area is 138 Å². The molecule has 4 nitrogen and oxygen atoms in total. The van der Waals surface area contributed by atoms with Crippen molar-refractivity contribution < 1.29 is 14.3 Å². The van der Waals surface area contributed by atoms with Crippen molar-refractivity contribution in [2.24, 2.45) is 0 Å². The number of ether oxygens (including phenoxy) is 2. The van der Waals surface area contributed by atoms with Gasteiger partial charge in [0.1, 0.15) is 12.4 Å². The van der Waals surface area contributed by atoms with E-state index < -0.39 is 0 Å². The van der Waals surface area contributed by atoms with Gasteiger partial charge in [0.05, 0.1) is 17.6 Å². The number of rotatable bonds is 8. The quantitative estimate of drug-likeness (QED) is 0.651. The molecule has 0 atom stereocenters. The molecule has 1 aromatic carbocycles. The lowest BCUT2D eigenvalue weighted by atomic mass is 10.3. The van der Waals surface area contributed by atoms with E-state index in [0.717, 1.165) is 23.1 Å². The van der Waals surface area contributed by atoms with Crippen LogP contribution in [0.4, 0.5) is 0 Å². The largest absolute Gasteiger partial charge is 0.491 e. The fourth-order valence-corrected chi connectivity index (χ4v) is 2.87. The summed E-state index contributed by atoms with van der Waals surface area (Å²) in [5, 5.41) is 0.663. The molecule has 0 N–H and O–H groups in total. The number of carbonyl (C=O) groups is 1. The molecule has 0 heterocycles. The Morgan fingerprint density at radius 1 is 1.48 bits per heavy atom. The van der Waals surface area contributed by atoms with E-state index in [0.29, 0.717) is 37.4 Å². The van der Waals surface area contributed by atoms with Gasteiger partial charge in [-0.15, -0.1) is 0 Å². The number of carbonyl (C=O) groups excluding carboxylic acids is 1. The molecular formula is C15H19BrClNO3. The zero-order valence-electron chi connectivity index (χ0n) is 12.0. The highest BCUT2D eigenvalue weighted by Gasteiger charge is 2.30. The lowest BCUT2D eigenvalue weighted by Gasteiger charge is -2.21. The van der Waals surface area contributed by atoms with E-state index in [1.165, 1.54) is 0 Å².